The molecule has 0 radical (unpaired) electrons. The summed E-state index contributed by atoms with van der Waals surface area (Å²) in [7, 11) is 0. The van der Waals surface area contributed by atoms with Crippen LogP contribution in [0, 0.1) is 13.8 Å². The molecule has 0 unspecified atom stereocenters. The van der Waals surface area contributed by atoms with Gasteiger partial charge in [0, 0.05) is 22.7 Å². The minimum absolute atomic E-state index is 0.154. The van der Waals surface area contributed by atoms with Crippen LogP contribution in [0.25, 0.3) is 11.3 Å². The van der Waals surface area contributed by atoms with E-state index in [9.17, 15) is 9.59 Å². The maximum absolute atomic E-state index is 12.0. The number of hydrogen-bond acceptors (Lipinski definition) is 7. The first-order valence-electron chi connectivity index (χ1n) is 8.13. The fourth-order valence-corrected chi connectivity index (χ4v) is 3.50. The normalized spacial score (nSPS) is 10.6. The van der Waals surface area contributed by atoms with E-state index in [1.807, 2.05) is 36.6 Å². The van der Waals surface area contributed by atoms with Gasteiger partial charge in [-0.15, -0.1) is 23.1 Å². The van der Waals surface area contributed by atoms with Crippen molar-refractivity contribution in [3.63, 3.8) is 0 Å². The van der Waals surface area contributed by atoms with Crippen LogP contribution in [0.5, 0.6) is 0 Å². The maximum atomic E-state index is 12.0. The van der Waals surface area contributed by atoms with Crippen molar-refractivity contribution >= 4 is 46.4 Å². The molecule has 2 heterocycles. The van der Waals surface area contributed by atoms with Crippen molar-refractivity contribution in [2.24, 2.45) is 0 Å². The summed E-state index contributed by atoms with van der Waals surface area (Å²) in [6.07, 6.45) is 0. The van der Waals surface area contributed by atoms with Gasteiger partial charge in [0.05, 0.1) is 22.2 Å². The Morgan fingerprint density at radius 1 is 1.11 bits per heavy atom. The molecule has 0 aliphatic rings. The number of carbonyl (C=O) groups excluding carboxylic acids is 2. The first-order valence-corrected chi connectivity index (χ1v) is 10.2. The first kappa shape index (κ1) is 19.1. The Morgan fingerprint density at radius 3 is 2.41 bits per heavy atom. The standard InChI is InChI=1S/C18H18N4O3S2/c1-11-7-16(22-25-11)21-18(24)10-26-9-17(23)20-14-5-3-13(4-6-14)15-8-27-12(2)19-15/h3-8H,9-10H2,1-2H3,(H,20,23)(H,21,22,24). The fraction of sp³-hybridized carbons (Fsp3) is 0.222. The van der Waals surface area contributed by atoms with E-state index < -0.39 is 0 Å². The number of benzene rings is 1. The number of thiazole rings is 1. The lowest BCUT2D eigenvalue weighted by molar-refractivity contribution is -0.114. The number of rotatable bonds is 7. The fourth-order valence-electron chi connectivity index (χ4n) is 2.26. The van der Waals surface area contributed by atoms with Crippen molar-refractivity contribution in [3.8, 4) is 11.3 Å². The lowest BCUT2D eigenvalue weighted by atomic mass is 10.1. The minimum atomic E-state index is -0.232. The van der Waals surface area contributed by atoms with E-state index in [4.69, 9.17) is 4.52 Å². The molecule has 2 amide bonds. The molecule has 1 aromatic carbocycles. The molecule has 2 aromatic heterocycles. The number of aromatic nitrogens is 2. The topological polar surface area (TPSA) is 97.1 Å². The second-order valence-corrected chi connectivity index (χ2v) is 7.79. The highest BCUT2D eigenvalue weighted by atomic mass is 32.2. The summed E-state index contributed by atoms with van der Waals surface area (Å²) >= 11 is 2.83. The van der Waals surface area contributed by atoms with Crippen molar-refractivity contribution in [1.29, 1.82) is 0 Å². The molecule has 0 atom stereocenters. The molecule has 9 heteroatoms. The molecule has 7 nitrogen and oxygen atoms in total. The van der Waals surface area contributed by atoms with E-state index in [0.717, 1.165) is 16.3 Å². The van der Waals surface area contributed by atoms with E-state index in [1.54, 1.807) is 24.3 Å². The van der Waals surface area contributed by atoms with Crippen LogP contribution in [0.4, 0.5) is 11.5 Å². The van der Waals surface area contributed by atoms with Gasteiger partial charge >= 0.3 is 0 Å². The van der Waals surface area contributed by atoms with E-state index >= 15 is 0 Å². The van der Waals surface area contributed by atoms with E-state index in [-0.39, 0.29) is 23.3 Å². The number of anilines is 2. The highest BCUT2D eigenvalue weighted by Gasteiger charge is 2.09. The third-order valence-electron chi connectivity index (χ3n) is 3.45. The molecule has 0 saturated carbocycles. The average Bonchev–Trinajstić information content (AvgIpc) is 3.24. The zero-order valence-corrected chi connectivity index (χ0v) is 16.4. The molecule has 0 aliphatic carbocycles. The van der Waals surface area contributed by atoms with Gasteiger partial charge in [-0.1, -0.05) is 17.3 Å². The van der Waals surface area contributed by atoms with Crippen LogP contribution in [0.3, 0.4) is 0 Å². The Bertz CT molecular complexity index is 934. The van der Waals surface area contributed by atoms with Crippen LogP contribution < -0.4 is 10.6 Å². The molecule has 2 N–H and O–H groups in total. The monoisotopic (exact) mass is 402 g/mol. The number of nitrogens with zero attached hydrogens (tertiary/aromatic N) is 2. The lowest BCUT2D eigenvalue weighted by Gasteiger charge is -2.06. The summed E-state index contributed by atoms with van der Waals surface area (Å²) in [5.41, 5.74) is 2.64. The second kappa shape index (κ2) is 8.83. The van der Waals surface area contributed by atoms with Crippen LogP contribution in [0.2, 0.25) is 0 Å². The van der Waals surface area contributed by atoms with Gasteiger partial charge in [0.15, 0.2) is 5.82 Å². The summed E-state index contributed by atoms with van der Waals surface area (Å²) in [6.45, 7) is 3.71. The number of aryl methyl sites for hydroxylation is 2. The van der Waals surface area contributed by atoms with Gasteiger partial charge in [0.1, 0.15) is 5.76 Å². The van der Waals surface area contributed by atoms with Gasteiger partial charge in [-0.25, -0.2) is 4.98 Å². The molecule has 0 aliphatic heterocycles. The molecule has 3 rings (SSSR count). The van der Waals surface area contributed by atoms with Gasteiger partial charge in [0.25, 0.3) is 0 Å². The second-order valence-electron chi connectivity index (χ2n) is 5.74. The van der Waals surface area contributed by atoms with Crippen molar-refractivity contribution in [1.82, 2.24) is 10.1 Å². The number of nitrogens with one attached hydrogen (secondary N) is 2. The molecule has 0 spiro atoms. The predicted molar refractivity (Wildman–Crippen MR) is 108 cm³/mol. The van der Waals surface area contributed by atoms with Crippen LogP contribution in [0.15, 0.2) is 40.2 Å². The Morgan fingerprint density at radius 2 is 1.81 bits per heavy atom. The number of thioether (sulfide) groups is 1. The van der Waals surface area contributed by atoms with Gasteiger partial charge < -0.3 is 15.2 Å². The summed E-state index contributed by atoms with van der Waals surface area (Å²) in [4.78, 5) is 28.2. The average molecular weight is 403 g/mol. The van der Waals surface area contributed by atoms with Crippen molar-refractivity contribution in [2.45, 2.75) is 13.8 Å². The molecule has 0 saturated heterocycles. The summed E-state index contributed by atoms with van der Waals surface area (Å²) in [5.74, 6) is 0.928. The largest absolute Gasteiger partial charge is 0.360 e. The Hall–Kier alpha value is -2.65. The molecular weight excluding hydrogens is 384 g/mol. The van der Waals surface area contributed by atoms with Crippen LogP contribution in [-0.4, -0.2) is 33.5 Å². The lowest BCUT2D eigenvalue weighted by Crippen LogP contribution is -2.18. The summed E-state index contributed by atoms with van der Waals surface area (Å²) in [5, 5.41) is 12.1. The number of amides is 2. The zero-order chi connectivity index (χ0) is 19.2. The van der Waals surface area contributed by atoms with Crippen molar-refractivity contribution in [2.75, 3.05) is 22.1 Å². The third-order valence-corrected chi connectivity index (χ3v) is 5.15. The smallest absolute Gasteiger partial charge is 0.235 e. The highest BCUT2D eigenvalue weighted by molar-refractivity contribution is 8.00. The quantitative estimate of drug-likeness (QED) is 0.625. The maximum Gasteiger partial charge on any atom is 0.235 e. The van der Waals surface area contributed by atoms with Gasteiger partial charge in [-0.2, -0.15) is 0 Å². The SMILES string of the molecule is Cc1cc(NC(=O)CSCC(=O)Nc2ccc(-c3csc(C)n3)cc2)no1. The minimum Gasteiger partial charge on any atom is -0.360 e. The van der Waals surface area contributed by atoms with Crippen LogP contribution >= 0.6 is 23.1 Å². The van der Waals surface area contributed by atoms with Crippen LogP contribution in [-0.2, 0) is 9.59 Å². The number of carbonyl (C=O) groups is 2. The first-order chi connectivity index (χ1) is 13.0. The molecule has 27 heavy (non-hydrogen) atoms. The molecule has 0 bridgehead atoms. The van der Waals surface area contributed by atoms with E-state index in [0.29, 0.717) is 17.3 Å². The third kappa shape index (κ3) is 5.66. The molecular formula is C18H18N4O3S2. The van der Waals surface area contributed by atoms with Gasteiger partial charge in [-0.05, 0) is 26.0 Å². The van der Waals surface area contributed by atoms with Crippen LogP contribution in [0.1, 0.15) is 10.8 Å². The van der Waals surface area contributed by atoms with E-state index in [2.05, 4.69) is 20.8 Å². The van der Waals surface area contributed by atoms with Gasteiger partial charge in [-0.3, -0.25) is 9.59 Å². The Balaban J connectivity index is 1.42. The van der Waals surface area contributed by atoms with Crippen molar-refractivity contribution in [3.05, 3.63) is 46.5 Å². The molecule has 0 fully saturated rings. The Kier molecular flexibility index (Phi) is 6.25. The Labute approximate surface area is 164 Å². The van der Waals surface area contributed by atoms with E-state index in [1.165, 1.54) is 11.8 Å². The predicted octanol–water partition coefficient (Wildman–Crippen LogP) is 3.73. The van der Waals surface area contributed by atoms with Gasteiger partial charge in [0.2, 0.25) is 11.8 Å². The summed E-state index contributed by atoms with van der Waals surface area (Å²) in [6, 6.07) is 9.15. The number of hydrogen-bond donors (Lipinski definition) is 2. The highest BCUT2D eigenvalue weighted by Crippen LogP contribution is 2.23. The summed E-state index contributed by atoms with van der Waals surface area (Å²) < 4.78 is 4.87. The van der Waals surface area contributed by atoms with Crippen molar-refractivity contribution < 1.29 is 14.1 Å². The molecule has 3 aromatic rings. The zero-order valence-electron chi connectivity index (χ0n) is 14.8. The molecule has 140 valence electrons.